The van der Waals surface area contributed by atoms with Crippen LogP contribution in [-0.4, -0.2) is 33.6 Å². The van der Waals surface area contributed by atoms with Crippen molar-refractivity contribution in [2.24, 2.45) is 0 Å². The highest BCUT2D eigenvalue weighted by atomic mass is 32.1. The molecule has 1 aromatic carbocycles. The summed E-state index contributed by atoms with van der Waals surface area (Å²) in [6.07, 6.45) is 6.96. The Hall–Kier alpha value is -3.46. The van der Waals surface area contributed by atoms with Gasteiger partial charge in [-0.1, -0.05) is 29.8 Å². The third kappa shape index (κ3) is 3.91. The van der Waals surface area contributed by atoms with Crippen LogP contribution in [0.2, 0.25) is 0 Å². The second-order valence-corrected chi connectivity index (χ2v) is 9.02. The molecule has 0 aliphatic carbocycles. The number of hydrogen-bond acceptors (Lipinski definition) is 9. The number of anilines is 3. The minimum Gasteiger partial charge on any atom is -0.491 e. The van der Waals surface area contributed by atoms with Crippen LogP contribution in [0.25, 0.3) is 11.5 Å². The first-order valence-corrected chi connectivity index (χ1v) is 11.3. The van der Waals surface area contributed by atoms with E-state index in [1.54, 1.807) is 24.6 Å². The lowest BCUT2D eigenvalue weighted by Crippen LogP contribution is -2.25. The monoisotopic (exact) mass is 448 g/mol. The summed E-state index contributed by atoms with van der Waals surface area (Å²) in [5.41, 5.74) is 3.07. The Balaban J connectivity index is 1.60. The number of ether oxygens (including phenoxy) is 1. The van der Waals surface area contributed by atoms with Crippen molar-refractivity contribution in [1.29, 1.82) is 0 Å². The molecule has 0 amide bonds. The molecule has 1 fully saturated rings. The molecule has 1 saturated heterocycles. The summed E-state index contributed by atoms with van der Waals surface area (Å²) in [6.45, 7) is 4.99. The van der Waals surface area contributed by atoms with Crippen molar-refractivity contribution in [3.8, 4) is 17.2 Å². The summed E-state index contributed by atoms with van der Waals surface area (Å²) in [5, 5.41) is 4.06. The smallest absolute Gasteiger partial charge is 0.228 e. The second kappa shape index (κ2) is 8.58. The summed E-state index contributed by atoms with van der Waals surface area (Å²) in [4.78, 5) is 21.6. The number of aryl methyl sites for hydroxylation is 2. The minimum absolute atomic E-state index is 0.210. The summed E-state index contributed by atoms with van der Waals surface area (Å²) >= 11 is 1.55. The zero-order valence-corrected chi connectivity index (χ0v) is 19.0. The highest BCUT2D eigenvalue weighted by molar-refractivity contribution is 7.15. The standard InChI is InChI=1S/C23H24N6O2S/c1-14-6-8-16(9-7-14)17-5-4-10-29(17)22-26-19(18-12-24-13-31-18)20(30-3)21(27-22)28-23-25-11-15(2)32-23/h6-9,11-13,17H,4-5,10H2,1-3H3,(H,25,26,27,28). The molecule has 9 heteroatoms. The number of rotatable bonds is 6. The van der Waals surface area contributed by atoms with Gasteiger partial charge in [0.1, 0.15) is 0 Å². The van der Waals surface area contributed by atoms with Crippen molar-refractivity contribution >= 4 is 28.2 Å². The quantitative estimate of drug-likeness (QED) is 0.425. The molecule has 32 heavy (non-hydrogen) atoms. The average Bonchev–Trinajstić information content (AvgIpc) is 3.56. The molecule has 0 saturated carbocycles. The normalized spacial score (nSPS) is 15.8. The molecule has 1 N–H and O–H groups in total. The van der Waals surface area contributed by atoms with E-state index in [9.17, 15) is 0 Å². The molecule has 164 valence electrons. The zero-order chi connectivity index (χ0) is 22.1. The lowest BCUT2D eigenvalue weighted by atomic mass is 10.0. The van der Waals surface area contributed by atoms with Crippen LogP contribution in [0, 0.1) is 13.8 Å². The van der Waals surface area contributed by atoms with Gasteiger partial charge in [-0.05, 0) is 32.3 Å². The first kappa shape index (κ1) is 20.4. The van der Waals surface area contributed by atoms with Gasteiger partial charge in [-0.2, -0.15) is 4.98 Å². The molecule has 1 aliphatic rings. The molecule has 1 aliphatic heterocycles. The van der Waals surface area contributed by atoms with E-state index in [-0.39, 0.29) is 6.04 Å². The number of nitrogens with zero attached hydrogens (tertiary/aromatic N) is 5. The van der Waals surface area contributed by atoms with E-state index in [4.69, 9.17) is 19.1 Å². The van der Waals surface area contributed by atoms with Gasteiger partial charge in [-0.15, -0.1) is 11.3 Å². The fourth-order valence-corrected chi connectivity index (χ4v) is 4.66. The predicted molar refractivity (Wildman–Crippen MR) is 125 cm³/mol. The van der Waals surface area contributed by atoms with Gasteiger partial charge in [0, 0.05) is 17.6 Å². The van der Waals surface area contributed by atoms with Crippen LogP contribution in [0.4, 0.5) is 16.9 Å². The topological polar surface area (TPSA) is 89.2 Å². The maximum Gasteiger partial charge on any atom is 0.228 e. The van der Waals surface area contributed by atoms with Gasteiger partial charge in [0.25, 0.3) is 0 Å². The molecule has 4 heterocycles. The van der Waals surface area contributed by atoms with Crippen molar-refractivity contribution in [3.05, 3.63) is 59.1 Å². The van der Waals surface area contributed by atoms with E-state index in [2.05, 4.69) is 51.4 Å². The number of thiazole rings is 1. The highest BCUT2D eigenvalue weighted by Gasteiger charge is 2.30. The molecule has 4 aromatic rings. The van der Waals surface area contributed by atoms with Crippen LogP contribution >= 0.6 is 11.3 Å². The third-order valence-electron chi connectivity index (χ3n) is 5.54. The Bertz CT molecular complexity index is 1210. The van der Waals surface area contributed by atoms with Gasteiger partial charge in [-0.25, -0.2) is 15.0 Å². The number of methoxy groups -OCH3 is 1. The predicted octanol–water partition coefficient (Wildman–Crippen LogP) is 5.30. The number of benzene rings is 1. The molecule has 0 spiro atoms. The van der Waals surface area contributed by atoms with E-state index in [1.165, 1.54) is 17.5 Å². The van der Waals surface area contributed by atoms with E-state index in [0.717, 1.165) is 29.4 Å². The van der Waals surface area contributed by atoms with Crippen LogP contribution < -0.4 is 15.0 Å². The number of aromatic nitrogens is 4. The summed E-state index contributed by atoms with van der Waals surface area (Å²) < 4.78 is 11.3. The molecule has 5 rings (SSSR count). The Morgan fingerprint density at radius 3 is 2.69 bits per heavy atom. The van der Waals surface area contributed by atoms with Gasteiger partial charge in [0.05, 0.1) is 19.3 Å². The third-order valence-corrected chi connectivity index (χ3v) is 6.37. The van der Waals surface area contributed by atoms with E-state index in [1.807, 2.05) is 13.1 Å². The second-order valence-electron chi connectivity index (χ2n) is 7.78. The zero-order valence-electron chi connectivity index (χ0n) is 18.2. The summed E-state index contributed by atoms with van der Waals surface area (Å²) in [6, 6.07) is 8.89. The van der Waals surface area contributed by atoms with E-state index >= 15 is 0 Å². The molecule has 1 unspecified atom stereocenters. The first-order chi connectivity index (χ1) is 15.6. The SMILES string of the molecule is COc1c(Nc2ncc(C)s2)nc(N2CCCC2c2ccc(C)cc2)nc1-c1cnco1. The minimum atomic E-state index is 0.210. The maximum atomic E-state index is 5.70. The van der Waals surface area contributed by atoms with Crippen LogP contribution in [0.5, 0.6) is 5.75 Å². The van der Waals surface area contributed by atoms with E-state index in [0.29, 0.717) is 29.0 Å². The molecule has 3 aromatic heterocycles. The van der Waals surface area contributed by atoms with Crippen molar-refractivity contribution in [2.75, 3.05) is 23.9 Å². The molecule has 0 radical (unpaired) electrons. The van der Waals surface area contributed by atoms with Gasteiger partial charge in [0.15, 0.2) is 34.5 Å². The molecule has 1 atom stereocenters. The molecule has 0 bridgehead atoms. The number of nitrogens with one attached hydrogen (secondary N) is 1. The fraction of sp³-hybridized carbons (Fsp3) is 0.304. The molecular formula is C23H24N6O2S. The summed E-state index contributed by atoms with van der Waals surface area (Å²) in [5.74, 6) is 2.18. The van der Waals surface area contributed by atoms with Crippen LogP contribution in [-0.2, 0) is 0 Å². The van der Waals surface area contributed by atoms with Crippen LogP contribution in [0.1, 0.15) is 34.9 Å². The Morgan fingerprint density at radius 2 is 2.00 bits per heavy atom. The number of hydrogen-bond donors (Lipinski definition) is 1. The van der Waals surface area contributed by atoms with Gasteiger partial charge >= 0.3 is 0 Å². The lowest BCUT2D eigenvalue weighted by molar-refractivity contribution is 0.412. The molecular weight excluding hydrogens is 424 g/mol. The Morgan fingerprint density at radius 1 is 1.16 bits per heavy atom. The van der Waals surface area contributed by atoms with Gasteiger partial charge in [0.2, 0.25) is 5.95 Å². The Kier molecular flexibility index (Phi) is 5.48. The van der Waals surface area contributed by atoms with Crippen LogP contribution in [0.15, 0.2) is 47.5 Å². The van der Waals surface area contributed by atoms with Crippen molar-refractivity contribution in [3.63, 3.8) is 0 Å². The van der Waals surface area contributed by atoms with Gasteiger partial charge in [-0.3, -0.25) is 0 Å². The number of oxazole rings is 1. The Labute approximate surface area is 190 Å². The summed E-state index contributed by atoms with van der Waals surface area (Å²) in [7, 11) is 1.60. The first-order valence-electron chi connectivity index (χ1n) is 10.5. The highest BCUT2D eigenvalue weighted by Crippen LogP contribution is 2.41. The van der Waals surface area contributed by atoms with E-state index < -0.39 is 0 Å². The van der Waals surface area contributed by atoms with Crippen molar-refractivity contribution in [2.45, 2.75) is 32.7 Å². The fourth-order valence-electron chi connectivity index (χ4n) is 4.00. The maximum absolute atomic E-state index is 5.70. The van der Waals surface area contributed by atoms with Gasteiger partial charge < -0.3 is 19.4 Å². The molecule has 8 nitrogen and oxygen atoms in total. The van der Waals surface area contributed by atoms with Crippen molar-refractivity contribution < 1.29 is 9.15 Å². The van der Waals surface area contributed by atoms with Crippen LogP contribution in [0.3, 0.4) is 0 Å². The average molecular weight is 449 g/mol. The van der Waals surface area contributed by atoms with Crippen molar-refractivity contribution in [1.82, 2.24) is 19.9 Å². The lowest BCUT2D eigenvalue weighted by Gasteiger charge is -2.26. The largest absolute Gasteiger partial charge is 0.491 e.